The van der Waals surface area contributed by atoms with E-state index in [-0.39, 0.29) is 0 Å². The highest BCUT2D eigenvalue weighted by Gasteiger charge is 2.17. The van der Waals surface area contributed by atoms with E-state index in [2.05, 4.69) is 24.1 Å². The molecule has 0 fully saturated rings. The van der Waals surface area contributed by atoms with E-state index in [9.17, 15) is 4.79 Å². The fourth-order valence-electron chi connectivity index (χ4n) is 1.25. The standard InChI is InChI=1S/C11H17N3O/c1-8(2)7-14-10(11(12)15)9-5-3-4-6-13-9/h3-6,8,10,14H,7H2,1-2H3,(H2,12,15). The first-order chi connectivity index (χ1) is 7.11. The van der Waals surface area contributed by atoms with Gasteiger partial charge in [0.2, 0.25) is 5.91 Å². The summed E-state index contributed by atoms with van der Waals surface area (Å²) in [5.41, 5.74) is 5.99. The number of nitrogens with zero attached hydrogens (tertiary/aromatic N) is 1. The minimum Gasteiger partial charge on any atom is -0.368 e. The van der Waals surface area contributed by atoms with Crippen molar-refractivity contribution in [2.75, 3.05) is 6.54 Å². The minimum absolute atomic E-state index is 0.394. The number of pyridine rings is 1. The van der Waals surface area contributed by atoms with E-state index in [1.165, 1.54) is 0 Å². The van der Waals surface area contributed by atoms with Crippen LogP contribution in [0.2, 0.25) is 0 Å². The molecule has 3 N–H and O–H groups in total. The van der Waals surface area contributed by atoms with Crippen LogP contribution in [0.5, 0.6) is 0 Å². The Morgan fingerprint density at radius 2 is 2.27 bits per heavy atom. The molecule has 0 spiro atoms. The van der Waals surface area contributed by atoms with Crippen molar-refractivity contribution in [3.63, 3.8) is 0 Å². The highest BCUT2D eigenvalue weighted by Crippen LogP contribution is 2.08. The van der Waals surface area contributed by atoms with Gasteiger partial charge in [0.25, 0.3) is 0 Å². The zero-order chi connectivity index (χ0) is 11.3. The summed E-state index contributed by atoms with van der Waals surface area (Å²) in [7, 11) is 0. The molecule has 1 rings (SSSR count). The van der Waals surface area contributed by atoms with Gasteiger partial charge >= 0.3 is 0 Å². The molecular weight excluding hydrogens is 190 g/mol. The number of nitrogens with one attached hydrogen (secondary N) is 1. The van der Waals surface area contributed by atoms with Crippen molar-refractivity contribution in [3.05, 3.63) is 30.1 Å². The molecule has 0 aliphatic carbocycles. The molecule has 0 aliphatic rings. The van der Waals surface area contributed by atoms with Crippen molar-refractivity contribution in [1.29, 1.82) is 0 Å². The number of carbonyl (C=O) groups is 1. The van der Waals surface area contributed by atoms with E-state index < -0.39 is 11.9 Å². The lowest BCUT2D eigenvalue weighted by Crippen LogP contribution is -2.36. The summed E-state index contributed by atoms with van der Waals surface area (Å²) >= 11 is 0. The van der Waals surface area contributed by atoms with Crippen LogP contribution in [0.15, 0.2) is 24.4 Å². The van der Waals surface area contributed by atoms with Crippen LogP contribution in [-0.2, 0) is 4.79 Å². The number of aromatic nitrogens is 1. The van der Waals surface area contributed by atoms with Gasteiger partial charge in [0.15, 0.2) is 0 Å². The lowest BCUT2D eigenvalue weighted by Gasteiger charge is -2.16. The summed E-state index contributed by atoms with van der Waals surface area (Å²) in [4.78, 5) is 15.3. The van der Waals surface area contributed by atoms with Gasteiger partial charge in [-0.05, 0) is 24.6 Å². The van der Waals surface area contributed by atoms with Crippen molar-refractivity contribution in [1.82, 2.24) is 10.3 Å². The van der Waals surface area contributed by atoms with E-state index in [4.69, 9.17) is 5.73 Å². The molecule has 0 saturated carbocycles. The second kappa shape index (κ2) is 5.46. The monoisotopic (exact) mass is 207 g/mol. The molecule has 0 bridgehead atoms. The largest absolute Gasteiger partial charge is 0.368 e. The number of hydrogen-bond donors (Lipinski definition) is 2. The van der Waals surface area contributed by atoms with Crippen molar-refractivity contribution in [3.8, 4) is 0 Å². The second-order valence-corrected chi connectivity index (χ2v) is 3.89. The van der Waals surface area contributed by atoms with Gasteiger partial charge in [-0.2, -0.15) is 0 Å². The molecule has 15 heavy (non-hydrogen) atoms. The summed E-state index contributed by atoms with van der Waals surface area (Å²) < 4.78 is 0. The molecule has 82 valence electrons. The molecule has 1 heterocycles. The third kappa shape index (κ3) is 3.67. The SMILES string of the molecule is CC(C)CNC(C(N)=O)c1ccccn1. The van der Waals surface area contributed by atoms with Crippen LogP contribution in [0.1, 0.15) is 25.6 Å². The fourth-order valence-corrected chi connectivity index (χ4v) is 1.25. The average Bonchev–Trinajstić information content (AvgIpc) is 2.18. The van der Waals surface area contributed by atoms with Gasteiger partial charge in [-0.1, -0.05) is 19.9 Å². The molecule has 4 nitrogen and oxygen atoms in total. The molecule has 4 heteroatoms. The zero-order valence-corrected chi connectivity index (χ0v) is 9.10. The van der Waals surface area contributed by atoms with Crippen molar-refractivity contribution < 1.29 is 4.79 Å². The van der Waals surface area contributed by atoms with Gasteiger partial charge in [0.05, 0.1) is 5.69 Å². The van der Waals surface area contributed by atoms with E-state index >= 15 is 0 Å². The zero-order valence-electron chi connectivity index (χ0n) is 9.10. The number of hydrogen-bond acceptors (Lipinski definition) is 3. The Labute approximate surface area is 89.9 Å². The van der Waals surface area contributed by atoms with Gasteiger partial charge in [-0.3, -0.25) is 9.78 Å². The number of carbonyl (C=O) groups excluding carboxylic acids is 1. The molecule has 0 radical (unpaired) electrons. The smallest absolute Gasteiger partial charge is 0.240 e. The Hall–Kier alpha value is -1.42. The molecule has 0 aliphatic heterocycles. The van der Waals surface area contributed by atoms with Crippen LogP contribution < -0.4 is 11.1 Å². The Bertz CT molecular complexity index is 311. The maximum atomic E-state index is 11.2. The lowest BCUT2D eigenvalue weighted by molar-refractivity contribution is -0.120. The topological polar surface area (TPSA) is 68.0 Å². The van der Waals surface area contributed by atoms with Gasteiger partial charge in [0, 0.05) is 6.20 Å². The summed E-state index contributed by atoms with van der Waals surface area (Å²) in [5, 5.41) is 3.10. The molecule has 1 atom stereocenters. The molecule has 0 saturated heterocycles. The maximum absolute atomic E-state index is 11.2. The fraction of sp³-hybridized carbons (Fsp3) is 0.455. The minimum atomic E-state index is -0.492. The number of rotatable bonds is 5. The van der Waals surface area contributed by atoms with Crippen LogP contribution in [-0.4, -0.2) is 17.4 Å². The van der Waals surface area contributed by atoms with Gasteiger partial charge in [0.1, 0.15) is 6.04 Å². The first kappa shape index (κ1) is 11.7. The van der Waals surface area contributed by atoms with Crippen LogP contribution in [0.25, 0.3) is 0 Å². The average molecular weight is 207 g/mol. The summed E-state index contributed by atoms with van der Waals surface area (Å²) in [6, 6.07) is 4.95. The van der Waals surface area contributed by atoms with Crippen LogP contribution in [0.4, 0.5) is 0 Å². The van der Waals surface area contributed by atoms with Crippen molar-refractivity contribution in [2.24, 2.45) is 11.7 Å². The maximum Gasteiger partial charge on any atom is 0.240 e. The highest BCUT2D eigenvalue weighted by atomic mass is 16.1. The van der Waals surface area contributed by atoms with Crippen LogP contribution >= 0.6 is 0 Å². The lowest BCUT2D eigenvalue weighted by atomic mass is 10.1. The molecule has 1 amide bonds. The molecule has 1 unspecified atom stereocenters. The number of primary amides is 1. The molecular formula is C11H17N3O. The number of nitrogens with two attached hydrogens (primary N) is 1. The quantitative estimate of drug-likeness (QED) is 0.752. The third-order valence-electron chi connectivity index (χ3n) is 2.00. The first-order valence-electron chi connectivity index (χ1n) is 5.05. The summed E-state index contributed by atoms with van der Waals surface area (Å²) in [5.74, 6) is 0.0740. The van der Waals surface area contributed by atoms with E-state index in [0.717, 1.165) is 6.54 Å². The van der Waals surface area contributed by atoms with E-state index in [1.807, 2.05) is 12.1 Å². The van der Waals surface area contributed by atoms with Gasteiger partial charge in [-0.25, -0.2) is 0 Å². The van der Waals surface area contributed by atoms with E-state index in [1.54, 1.807) is 12.3 Å². The molecule has 1 aromatic heterocycles. The third-order valence-corrected chi connectivity index (χ3v) is 2.00. The predicted octanol–water partition coefficient (Wildman–Crippen LogP) is 0.854. The Balaban J connectivity index is 2.71. The first-order valence-corrected chi connectivity index (χ1v) is 5.05. The van der Waals surface area contributed by atoms with Crippen LogP contribution in [0.3, 0.4) is 0 Å². The van der Waals surface area contributed by atoms with Crippen LogP contribution in [0, 0.1) is 5.92 Å². The Morgan fingerprint density at radius 1 is 1.53 bits per heavy atom. The predicted molar refractivity (Wildman–Crippen MR) is 59.0 cm³/mol. The van der Waals surface area contributed by atoms with E-state index in [0.29, 0.717) is 11.6 Å². The normalized spacial score (nSPS) is 12.7. The summed E-state index contributed by atoms with van der Waals surface area (Å²) in [6.45, 7) is 4.89. The van der Waals surface area contributed by atoms with Gasteiger partial charge < -0.3 is 11.1 Å². The molecule has 1 aromatic rings. The Kier molecular flexibility index (Phi) is 4.24. The highest BCUT2D eigenvalue weighted by molar-refractivity contribution is 5.80. The summed E-state index contributed by atoms with van der Waals surface area (Å²) in [6.07, 6.45) is 1.66. The van der Waals surface area contributed by atoms with Crippen molar-refractivity contribution in [2.45, 2.75) is 19.9 Å². The Morgan fingerprint density at radius 3 is 2.73 bits per heavy atom. The molecule has 0 aromatic carbocycles. The van der Waals surface area contributed by atoms with Gasteiger partial charge in [-0.15, -0.1) is 0 Å². The van der Waals surface area contributed by atoms with Crippen molar-refractivity contribution >= 4 is 5.91 Å². The number of amides is 1. The second-order valence-electron chi connectivity index (χ2n) is 3.89.